The van der Waals surface area contributed by atoms with Crippen LogP contribution in [0.2, 0.25) is 0 Å². The summed E-state index contributed by atoms with van der Waals surface area (Å²) in [6, 6.07) is 12.6. The van der Waals surface area contributed by atoms with E-state index in [-0.39, 0.29) is 0 Å². The van der Waals surface area contributed by atoms with Crippen LogP contribution in [0, 0.1) is 11.8 Å². The molecule has 0 bridgehead atoms. The monoisotopic (exact) mass is 494 g/mol. The maximum absolute atomic E-state index is 6.16. The number of ether oxygens (including phenoxy) is 2. The van der Waals surface area contributed by atoms with Crippen LogP contribution in [0.3, 0.4) is 0 Å². The minimum Gasteiger partial charge on any atom is -0.491 e. The lowest BCUT2D eigenvalue weighted by Crippen LogP contribution is -2.41. The first-order valence-corrected chi connectivity index (χ1v) is 14.1. The van der Waals surface area contributed by atoms with E-state index in [0.29, 0.717) is 0 Å². The van der Waals surface area contributed by atoms with Crippen LogP contribution >= 0.6 is 0 Å². The van der Waals surface area contributed by atoms with Crippen molar-refractivity contribution < 1.29 is 9.47 Å². The first-order valence-electron chi connectivity index (χ1n) is 14.1. The largest absolute Gasteiger partial charge is 0.491 e. The van der Waals surface area contributed by atoms with Crippen LogP contribution in [0.25, 0.3) is 0 Å². The number of hydrogen-bond acceptors (Lipinski definition) is 6. The van der Waals surface area contributed by atoms with Crippen molar-refractivity contribution in [1.29, 1.82) is 0 Å². The molecule has 6 nitrogen and oxygen atoms in total. The molecule has 0 saturated carbocycles. The molecule has 2 aliphatic heterocycles. The van der Waals surface area contributed by atoms with Crippen LogP contribution in [0.5, 0.6) is 11.5 Å². The van der Waals surface area contributed by atoms with Gasteiger partial charge in [-0.15, -0.1) is 0 Å². The lowest BCUT2D eigenvalue weighted by molar-refractivity contribution is 0.233. The van der Waals surface area contributed by atoms with Gasteiger partial charge in [0.1, 0.15) is 11.5 Å². The van der Waals surface area contributed by atoms with Crippen molar-refractivity contribution in [2.75, 3.05) is 60.7 Å². The quantitative estimate of drug-likeness (QED) is 0.280. The fourth-order valence-electron chi connectivity index (χ4n) is 5.60. The zero-order valence-corrected chi connectivity index (χ0v) is 22.4. The molecule has 0 spiro atoms. The van der Waals surface area contributed by atoms with Gasteiger partial charge in [-0.3, -0.25) is 0 Å². The number of benzene rings is 2. The third-order valence-corrected chi connectivity index (χ3v) is 7.98. The molecule has 0 amide bonds. The standard InChI is InChI=1S/C30H46N4O2/c1-3-5-19-35-29-21-25(7-9-27(29)31)33-15-11-23(12-16-33)24-13-17-34(18-14-24)26-8-10-28(32)30(22-26)36-20-6-4-2/h7-10,21-24H,3-6,11-20,31-32H2,1-2H3. The minimum atomic E-state index is 0.731. The topological polar surface area (TPSA) is 77.0 Å². The van der Waals surface area contributed by atoms with E-state index in [9.17, 15) is 0 Å². The second kappa shape index (κ2) is 13.0. The molecule has 198 valence electrons. The minimum absolute atomic E-state index is 0.731. The van der Waals surface area contributed by atoms with Crippen molar-refractivity contribution in [2.45, 2.75) is 65.2 Å². The molecule has 0 aliphatic carbocycles. The van der Waals surface area contributed by atoms with Crippen LogP contribution < -0.4 is 30.7 Å². The first-order chi connectivity index (χ1) is 17.6. The number of rotatable bonds is 11. The molecule has 6 heteroatoms. The maximum atomic E-state index is 6.16. The smallest absolute Gasteiger partial charge is 0.144 e. The summed E-state index contributed by atoms with van der Waals surface area (Å²) in [5.74, 6) is 3.29. The number of piperidine rings is 2. The highest BCUT2D eigenvalue weighted by Crippen LogP contribution is 2.37. The molecule has 2 aliphatic rings. The number of nitrogens with two attached hydrogens (primary N) is 2. The normalized spacial score (nSPS) is 17.4. The number of nitrogen functional groups attached to an aromatic ring is 2. The van der Waals surface area contributed by atoms with E-state index in [2.05, 4.69) is 47.9 Å². The Morgan fingerprint density at radius 2 is 1.06 bits per heavy atom. The number of unbranched alkanes of at least 4 members (excludes halogenated alkanes) is 2. The lowest BCUT2D eigenvalue weighted by atomic mass is 9.78. The Morgan fingerprint density at radius 1 is 0.667 bits per heavy atom. The molecule has 2 saturated heterocycles. The number of nitrogens with zero attached hydrogens (tertiary/aromatic N) is 2. The van der Waals surface area contributed by atoms with Crippen molar-refractivity contribution in [2.24, 2.45) is 11.8 Å². The summed E-state index contributed by atoms with van der Waals surface area (Å²) in [7, 11) is 0. The summed E-state index contributed by atoms with van der Waals surface area (Å²) < 4.78 is 11.9. The molecule has 0 aromatic heterocycles. The molecule has 0 atom stereocenters. The van der Waals surface area contributed by atoms with Crippen LogP contribution in [0.4, 0.5) is 22.7 Å². The van der Waals surface area contributed by atoms with E-state index in [1.807, 2.05) is 12.1 Å². The van der Waals surface area contributed by atoms with E-state index in [1.165, 1.54) is 37.1 Å². The zero-order chi connectivity index (χ0) is 25.3. The van der Waals surface area contributed by atoms with Gasteiger partial charge in [0.25, 0.3) is 0 Å². The van der Waals surface area contributed by atoms with Gasteiger partial charge >= 0.3 is 0 Å². The van der Waals surface area contributed by atoms with Gasteiger partial charge in [0.05, 0.1) is 24.6 Å². The summed E-state index contributed by atoms with van der Waals surface area (Å²) in [5, 5.41) is 0. The van der Waals surface area contributed by atoms with Gasteiger partial charge in [0.15, 0.2) is 0 Å². The molecule has 2 heterocycles. The fourth-order valence-corrected chi connectivity index (χ4v) is 5.60. The van der Waals surface area contributed by atoms with Crippen LogP contribution in [0.15, 0.2) is 36.4 Å². The summed E-state index contributed by atoms with van der Waals surface area (Å²) in [6.45, 7) is 10.3. The van der Waals surface area contributed by atoms with Crippen molar-refractivity contribution in [3.63, 3.8) is 0 Å². The predicted octanol–water partition coefficient (Wildman–Crippen LogP) is 6.34. The molecule has 4 N–H and O–H groups in total. The average Bonchev–Trinajstić information content (AvgIpc) is 2.91. The second-order valence-corrected chi connectivity index (χ2v) is 10.5. The summed E-state index contributed by atoms with van der Waals surface area (Å²) in [5.41, 5.74) is 16.3. The SMILES string of the molecule is CCCCOc1cc(N2CCC(C3CCN(c4ccc(N)c(OCCCC)c4)CC3)CC2)ccc1N. The average molecular weight is 495 g/mol. The Bertz CT molecular complexity index is 872. The van der Waals surface area contributed by atoms with Crippen molar-refractivity contribution >= 4 is 22.7 Å². The van der Waals surface area contributed by atoms with E-state index in [4.69, 9.17) is 20.9 Å². The van der Waals surface area contributed by atoms with Crippen LogP contribution in [-0.2, 0) is 0 Å². The van der Waals surface area contributed by atoms with E-state index < -0.39 is 0 Å². The Morgan fingerprint density at radius 3 is 1.42 bits per heavy atom. The fraction of sp³-hybridized carbons (Fsp3) is 0.600. The van der Waals surface area contributed by atoms with Gasteiger partial charge in [-0.25, -0.2) is 0 Å². The Balaban J connectivity index is 1.26. The molecular weight excluding hydrogens is 448 g/mol. The summed E-state index contributed by atoms with van der Waals surface area (Å²) in [4.78, 5) is 5.01. The summed E-state index contributed by atoms with van der Waals surface area (Å²) in [6.07, 6.45) is 9.41. The van der Waals surface area contributed by atoms with Crippen molar-refractivity contribution in [3.8, 4) is 11.5 Å². The highest BCUT2D eigenvalue weighted by molar-refractivity contribution is 5.63. The molecule has 0 unspecified atom stereocenters. The van der Waals surface area contributed by atoms with Crippen molar-refractivity contribution in [3.05, 3.63) is 36.4 Å². The predicted molar refractivity (Wildman–Crippen MR) is 152 cm³/mol. The highest BCUT2D eigenvalue weighted by Gasteiger charge is 2.30. The highest BCUT2D eigenvalue weighted by atomic mass is 16.5. The molecule has 2 fully saturated rings. The maximum Gasteiger partial charge on any atom is 0.144 e. The molecule has 2 aromatic carbocycles. The van der Waals surface area contributed by atoms with Gasteiger partial charge in [-0.1, -0.05) is 26.7 Å². The van der Waals surface area contributed by atoms with E-state index in [1.54, 1.807) is 0 Å². The molecular formula is C30H46N4O2. The Labute approximate surface area is 217 Å². The van der Waals surface area contributed by atoms with E-state index in [0.717, 1.165) is 99.8 Å². The van der Waals surface area contributed by atoms with Crippen LogP contribution in [0.1, 0.15) is 65.2 Å². The lowest BCUT2D eigenvalue weighted by Gasteiger charge is -2.41. The van der Waals surface area contributed by atoms with Crippen molar-refractivity contribution in [1.82, 2.24) is 0 Å². The molecule has 4 rings (SSSR count). The summed E-state index contributed by atoms with van der Waals surface area (Å²) >= 11 is 0. The number of hydrogen-bond donors (Lipinski definition) is 2. The molecule has 2 aromatic rings. The van der Waals surface area contributed by atoms with Gasteiger partial charge in [-0.2, -0.15) is 0 Å². The second-order valence-electron chi connectivity index (χ2n) is 10.5. The van der Waals surface area contributed by atoms with Gasteiger partial charge < -0.3 is 30.7 Å². The van der Waals surface area contributed by atoms with Gasteiger partial charge in [-0.05, 0) is 74.6 Å². The number of anilines is 4. The van der Waals surface area contributed by atoms with Crippen LogP contribution in [-0.4, -0.2) is 39.4 Å². The third-order valence-electron chi connectivity index (χ3n) is 7.98. The van der Waals surface area contributed by atoms with Gasteiger partial charge in [0.2, 0.25) is 0 Å². The first kappa shape index (κ1) is 26.3. The molecule has 36 heavy (non-hydrogen) atoms. The molecule has 0 radical (unpaired) electrons. The van der Waals surface area contributed by atoms with Gasteiger partial charge in [0, 0.05) is 49.7 Å². The third kappa shape index (κ3) is 6.71. The zero-order valence-electron chi connectivity index (χ0n) is 22.4. The Hall–Kier alpha value is -2.76. The van der Waals surface area contributed by atoms with E-state index >= 15 is 0 Å². The Kier molecular flexibility index (Phi) is 9.48.